The minimum Gasteiger partial charge on any atom is -0.409 e. The topological polar surface area (TPSA) is 87.7 Å². The molecule has 0 aliphatic heterocycles. The van der Waals surface area contributed by atoms with Crippen molar-refractivity contribution in [3.05, 3.63) is 0 Å². The monoisotopic (exact) mass is 229 g/mol. The summed E-state index contributed by atoms with van der Waals surface area (Å²) < 4.78 is 0. The molecule has 0 aromatic carbocycles. The van der Waals surface area contributed by atoms with Crippen LogP contribution in [0.3, 0.4) is 0 Å². The van der Waals surface area contributed by atoms with Gasteiger partial charge in [-0.05, 0) is 11.8 Å². The van der Waals surface area contributed by atoms with Crippen molar-refractivity contribution in [3.8, 4) is 0 Å². The Morgan fingerprint density at radius 3 is 2.44 bits per heavy atom. The maximum atomic E-state index is 11.6. The van der Waals surface area contributed by atoms with Crippen molar-refractivity contribution in [2.45, 2.75) is 53.0 Å². The molecule has 0 radical (unpaired) electrons. The molecule has 0 fully saturated rings. The molecule has 1 atom stereocenters. The Bertz CT molecular complexity index is 256. The molecular weight excluding hydrogens is 206 g/mol. The van der Waals surface area contributed by atoms with E-state index in [1.54, 1.807) is 0 Å². The first kappa shape index (κ1) is 14.7. The molecule has 0 bridgehead atoms. The molecule has 5 heteroatoms. The third kappa shape index (κ3) is 7.09. The quantitative estimate of drug-likeness (QED) is 0.288. The maximum absolute atomic E-state index is 11.6. The predicted octanol–water partition coefficient (Wildman–Crippen LogP) is 1.45. The number of amides is 1. The standard InChI is InChI=1S/C11H23N3O2/c1-5-8(6-9(12)14-16)13-10(15)7-11(2,3)4/h8,16H,5-7H2,1-4H3,(H2,12,14)(H,13,15). The van der Waals surface area contributed by atoms with Gasteiger partial charge in [0.15, 0.2) is 0 Å². The van der Waals surface area contributed by atoms with Crippen LogP contribution in [-0.4, -0.2) is 23.0 Å². The molecule has 0 aromatic heterocycles. The fourth-order valence-corrected chi connectivity index (χ4v) is 1.35. The van der Waals surface area contributed by atoms with Crippen molar-refractivity contribution in [2.24, 2.45) is 16.3 Å². The van der Waals surface area contributed by atoms with E-state index in [0.717, 1.165) is 6.42 Å². The van der Waals surface area contributed by atoms with E-state index in [4.69, 9.17) is 10.9 Å². The number of nitrogens with two attached hydrogens (primary N) is 1. The van der Waals surface area contributed by atoms with Crippen molar-refractivity contribution in [2.75, 3.05) is 0 Å². The average Bonchev–Trinajstić information content (AvgIpc) is 2.13. The number of nitrogens with zero attached hydrogens (tertiary/aromatic N) is 1. The molecule has 0 saturated carbocycles. The van der Waals surface area contributed by atoms with E-state index in [1.165, 1.54) is 0 Å². The van der Waals surface area contributed by atoms with Gasteiger partial charge in [-0.3, -0.25) is 4.79 Å². The summed E-state index contributed by atoms with van der Waals surface area (Å²) in [6, 6.07) is -0.0641. The molecule has 16 heavy (non-hydrogen) atoms. The predicted molar refractivity (Wildman–Crippen MR) is 64.3 cm³/mol. The van der Waals surface area contributed by atoms with Gasteiger partial charge >= 0.3 is 0 Å². The first-order valence-corrected chi connectivity index (χ1v) is 5.54. The number of nitrogens with one attached hydrogen (secondary N) is 1. The molecule has 0 saturated heterocycles. The summed E-state index contributed by atoms with van der Waals surface area (Å²) in [7, 11) is 0. The third-order valence-corrected chi connectivity index (χ3v) is 2.13. The largest absolute Gasteiger partial charge is 0.409 e. The summed E-state index contributed by atoms with van der Waals surface area (Å²) in [6.07, 6.45) is 1.61. The molecular formula is C11H23N3O2. The van der Waals surface area contributed by atoms with Crippen LogP contribution in [0.15, 0.2) is 5.16 Å². The minimum absolute atomic E-state index is 0.00471. The van der Waals surface area contributed by atoms with Gasteiger partial charge in [0.1, 0.15) is 5.84 Å². The van der Waals surface area contributed by atoms with Crippen molar-refractivity contribution in [3.63, 3.8) is 0 Å². The highest BCUT2D eigenvalue weighted by atomic mass is 16.4. The summed E-state index contributed by atoms with van der Waals surface area (Å²) >= 11 is 0. The number of oxime groups is 1. The van der Waals surface area contributed by atoms with Crippen LogP contribution < -0.4 is 11.1 Å². The molecule has 0 aromatic rings. The van der Waals surface area contributed by atoms with E-state index in [2.05, 4.69) is 10.5 Å². The molecule has 4 N–H and O–H groups in total. The Balaban J connectivity index is 4.18. The number of carbonyl (C=O) groups excluding carboxylic acids is 1. The summed E-state index contributed by atoms with van der Waals surface area (Å²) in [6.45, 7) is 7.98. The van der Waals surface area contributed by atoms with Crippen LogP contribution in [-0.2, 0) is 4.79 Å². The Morgan fingerprint density at radius 2 is 2.06 bits per heavy atom. The first-order chi connectivity index (χ1) is 7.28. The second kappa shape index (κ2) is 6.35. The molecule has 0 aliphatic rings. The average molecular weight is 229 g/mol. The Labute approximate surface area is 97.1 Å². The van der Waals surface area contributed by atoms with E-state index in [0.29, 0.717) is 12.8 Å². The van der Waals surface area contributed by atoms with Gasteiger partial charge in [-0.2, -0.15) is 0 Å². The van der Waals surface area contributed by atoms with Gasteiger partial charge in [0.25, 0.3) is 0 Å². The molecule has 1 amide bonds. The van der Waals surface area contributed by atoms with Crippen LogP contribution in [0.25, 0.3) is 0 Å². The van der Waals surface area contributed by atoms with Crippen LogP contribution >= 0.6 is 0 Å². The Hall–Kier alpha value is -1.26. The fourth-order valence-electron chi connectivity index (χ4n) is 1.35. The minimum atomic E-state index is -0.0641. The fraction of sp³-hybridized carbons (Fsp3) is 0.818. The lowest BCUT2D eigenvalue weighted by molar-refractivity contribution is -0.123. The number of amidine groups is 1. The van der Waals surface area contributed by atoms with Gasteiger partial charge in [-0.1, -0.05) is 32.9 Å². The van der Waals surface area contributed by atoms with Crippen LogP contribution in [0.1, 0.15) is 47.0 Å². The molecule has 0 heterocycles. The Morgan fingerprint density at radius 1 is 1.50 bits per heavy atom. The van der Waals surface area contributed by atoms with E-state index < -0.39 is 0 Å². The second-order valence-electron chi connectivity index (χ2n) is 5.21. The number of carbonyl (C=O) groups is 1. The van der Waals surface area contributed by atoms with E-state index in [9.17, 15) is 4.79 Å². The second-order valence-corrected chi connectivity index (χ2v) is 5.21. The Kier molecular flexibility index (Phi) is 5.85. The lowest BCUT2D eigenvalue weighted by Crippen LogP contribution is -2.38. The van der Waals surface area contributed by atoms with Crippen LogP contribution in [0.4, 0.5) is 0 Å². The highest BCUT2D eigenvalue weighted by Gasteiger charge is 2.18. The molecule has 5 nitrogen and oxygen atoms in total. The van der Waals surface area contributed by atoms with Crippen LogP contribution in [0, 0.1) is 5.41 Å². The van der Waals surface area contributed by atoms with Gasteiger partial charge in [0, 0.05) is 18.9 Å². The highest BCUT2D eigenvalue weighted by molar-refractivity contribution is 5.82. The highest BCUT2D eigenvalue weighted by Crippen LogP contribution is 2.18. The van der Waals surface area contributed by atoms with E-state index in [-0.39, 0.29) is 23.2 Å². The normalized spacial score (nSPS) is 14.6. The maximum Gasteiger partial charge on any atom is 0.220 e. The van der Waals surface area contributed by atoms with Crippen molar-refractivity contribution < 1.29 is 10.0 Å². The van der Waals surface area contributed by atoms with Gasteiger partial charge in [0.2, 0.25) is 5.91 Å². The number of hydrogen-bond acceptors (Lipinski definition) is 3. The number of hydrogen-bond donors (Lipinski definition) is 3. The SMILES string of the molecule is CCC(CC(N)=NO)NC(=O)CC(C)(C)C. The van der Waals surface area contributed by atoms with Crippen molar-refractivity contribution in [1.82, 2.24) is 5.32 Å². The van der Waals surface area contributed by atoms with E-state index >= 15 is 0 Å². The van der Waals surface area contributed by atoms with Gasteiger partial charge < -0.3 is 16.3 Å². The zero-order chi connectivity index (χ0) is 12.8. The lowest BCUT2D eigenvalue weighted by Gasteiger charge is -2.21. The van der Waals surface area contributed by atoms with Gasteiger partial charge in [-0.25, -0.2) is 0 Å². The summed E-state index contributed by atoms with van der Waals surface area (Å²) in [5, 5.41) is 14.2. The van der Waals surface area contributed by atoms with Crippen LogP contribution in [0.5, 0.6) is 0 Å². The zero-order valence-electron chi connectivity index (χ0n) is 10.6. The smallest absolute Gasteiger partial charge is 0.220 e. The van der Waals surface area contributed by atoms with Crippen LogP contribution in [0.2, 0.25) is 0 Å². The summed E-state index contributed by atoms with van der Waals surface area (Å²) in [4.78, 5) is 11.6. The lowest BCUT2D eigenvalue weighted by atomic mass is 9.91. The van der Waals surface area contributed by atoms with E-state index in [1.807, 2.05) is 27.7 Å². The molecule has 1 unspecified atom stereocenters. The molecule has 0 aliphatic carbocycles. The summed E-state index contributed by atoms with van der Waals surface area (Å²) in [5.74, 6) is 0.146. The van der Waals surface area contributed by atoms with Gasteiger partial charge in [0.05, 0.1) is 0 Å². The molecule has 94 valence electrons. The van der Waals surface area contributed by atoms with Crippen molar-refractivity contribution in [1.29, 1.82) is 0 Å². The van der Waals surface area contributed by atoms with Crippen molar-refractivity contribution >= 4 is 11.7 Å². The summed E-state index contributed by atoms with van der Waals surface area (Å²) in [5.41, 5.74) is 5.37. The molecule has 0 rings (SSSR count). The zero-order valence-corrected chi connectivity index (χ0v) is 10.6. The first-order valence-electron chi connectivity index (χ1n) is 5.54. The molecule has 0 spiro atoms. The van der Waals surface area contributed by atoms with Gasteiger partial charge in [-0.15, -0.1) is 0 Å². The number of rotatable bonds is 5. The third-order valence-electron chi connectivity index (χ3n) is 2.13.